The number of benzene rings is 1. The molecule has 1 heterocycles. The van der Waals surface area contributed by atoms with Gasteiger partial charge in [-0.1, -0.05) is 17.7 Å². The second kappa shape index (κ2) is 5.55. The first kappa shape index (κ1) is 13.1. The Balaban J connectivity index is 2.39. The molecule has 0 unspecified atom stereocenters. The van der Waals surface area contributed by atoms with Gasteiger partial charge in [0, 0.05) is 23.5 Å². The van der Waals surface area contributed by atoms with Gasteiger partial charge in [0.1, 0.15) is 5.75 Å². The summed E-state index contributed by atoms with van der Waals surface area (Å²) in [6.45, 7) is 1.82. The fraction of sp³-hybridized carbons (Fsp3) is 0.154. The van der Waals surface area contributed by atoms with Gasteiger partial charge >= 0.3 is 0 Å². The molecule has 0 radical (unpaired) electrons. The van der Waals surface area contributed by atoms with Crippen molar-refractivity contribution in [2.24, 2.45) is 0 Å². The van der Waals surface area contributed by atoms with Gasteiger partial charge in [-0.15, -0.1) is 11.6 Å². The van der Waals surface area contributed by atoms with Gasteiger partial charge in [0.05, 0.1) is 10.9 Å². The van der Waals surface area contributed by atoms with Crippen LogP contribution in [0.4, 0.5) is 4.39 Å². The monoisotopic (exact) mass is 285 g/mol. The Morgan fingerprint density at radius 2 is 2.11 bits per heavy atom. The van der Waals surface area contributed by atoms with Crippen LogP contribution in [0.15, 0.2) is 30.5 Å². The Morgan fingerprint density at radius 3 is 2.83 bits per heavy atom. The van der Waals surface area contributed by atoms with Crippen LogP contribution in [0.3, 0.4) is 0 Å². The van der Waals surface area contributed by atoms with Crippen LogP contribution in [0.2, 0.25) is 5.02 Å². The highest BCUT2D eigenvalue weighted by Crippen LogP contribution is 2.31. The van der Waals surface area contributed by atoms with E-state index >= 15 is 0 Å². The molecule has 2 rings (SSSR count). The van der Waals surface area contributed by atoms with Gasteiger partial charge in [0.25, 0.3) is 0 Å². The van der Waals surface area contributed by atoms with Crippen molar-refractivity contribution in [3.8, 4) is 11.5 Å². The second-order valence-electron chi connectivity index (χ2n) is 3.72. The van der Waals surface area contributed by atoms with Crippen LogP contribution in [0.5, 0.6) is 11.5 Å². The minimum Gasteiger partial charge on any atom is -0.454 e. The smallest absolute Gasteiger partial charge is 0.184 e. The largest absolute Gasteiger partial charge is 0.454 e. The van der Waals surface area contributed by atoms with Crippen molar-refractivity contribution < 1.29 is 9.13 Å². The molecule has 0 N–H and O–H groups in total. The standard InChI is InChI=1S/C13H10Cl2FNO/c1-8-5-12(9(6-14)7-17-8)18-11-4-2-3-10(15)13(11)16/h2-5,7H,6H2,1H3. The van der Waals surface area contributed by atoms with E-state index in [0.29, 0.717) is 11.3 Å². The highest BCUT2D eigenvalue weighted by Gasteiger charge is 2.11. The maximum Gasteiger partial charge on any atom is 0.184 e. The zero-order valence-corrected chi connectivity index (χ0v) is 11.1. The van der Waals surface area contributed by atoms with Crippen molar-refractivity contribution in [2.45, 2.75) is 12.8 Å². The van der Waals surface area contributed by atoms with Crippen molar-refractivity contribution in [2.75, 3.05) is 0 Å². The van der Waals surface area contributed by atoms with E-state index in [1.807, 2.05) is 6.92 Å². The molecule has 0 saturated carbocycles. The average Bonchev–Trinajstić information content (AvgIpc) is 2.35. The highest BCUT2D eigenvalue weighted by molar-refractivity contribution is 6.30. The lowest BCUT2D eigenvalue weighted by molar-refractivity contribution is 0.438. The molecular weight excluding hydrogens is 276 g/mol. The quantitative estimate of drug-likeness (QED) is 0.762. The number of hydrogen-bond acceptors (Lipinski definition) is 2. The van der Waals surface area contributed by atoms with E-state index in [-0.39, 0.29) is 16.7 Å². The van der Waals surface area contributed by atoms with E-state index in [9.17, 15) is 4.39 Å². The maximum atomic E-state index is 13.7. The van der Waals surface area contributed by atoms with E-state index in [1.54, 1.807) is 18.3 Å². The zero-order valence-electron chi connectivity index (χ0n) is 9.58. The number of nitrogens with zero attached hydrogens (tertiary/aromatic N) is 1. The zero-order chi connectivity index (χ0) is 13.1. The predicted octanol–water partition coefficient (Wildman–Crippen LogP) is 4.71. The first-order valence-corrected chi connectivity index (χ1v) is 6.16. The Hall–Kier alpha value is -1.32. The molecule has 2 aromatic rings. The lowest BCUT2D eigenvalue weighted by Crippen LogP contribution is -1.95. The number of rotatable bonds is 3. The Labute approximate surface area is 114 Å². The summed E-state index contributed by atoms with van der Waals surface area (Å²) in [5.74, 6) is 0.206. The third kappa shape index (κ3) is 2.74. The van der Waals surface area contributed by atoms with Gasteiger partial charge in [-0.2, -0.15) is 0 Å². The fourth-order valence-corrected chi connectivity index (χ4v) is 1.81. The van der Waals surface area contributed by atoms with E-state index < -0.39 is 5.82 Å². The molecule has 0 spiro atoms. The van der Waals surface area contributed by atoms with Crippen LogP contribution in [0, 0.1) is 12.7 Å². The normalized spacial score (nSPS) is 10.4. The molecule has 1 aromatic heterocycles. The van der Waals surface area contributed by atoms with Crippen molar-refractivity contribution in [3.05, 3.63) is 52.6 Å². The van der Waals surface area contributed by atoms with Crippen molar-refractivity contribution in [3.63, 3.8) is 0 Å². The summed E-state index contributed by atoms with van der Waals surface area (Å²) < 4.78 is 19.2. The minimum absolute atomic E-state index is 0.0192. The molecule has 0 atom stereocenters. The molecule has 0 fully saturated rings. The Bertz CT molecular complexity index is 575. The van der Waals surface area contributed by atoms with E-state index in [0.717, 1.165) is 5.69 Å². The lowest BCUT2D eigenvalue weighted by atomic mass is 10.2. The van der Waals surface area contributed by atoms with Crippen LogP contribution < -0.4 is 4.74 Å². The SMILES string of the molecule is Cc1cc(Oc2cccc(Cl)c2F)c(CCl)cn1. The minimum atomic E-state index is -0.589. The molecule has 0 aliphatic heterocycles. The molecule has 0 amide bonds. The van der Waals surface area contributed by atoms with Crippen molar-refractivity contribution in [1.82, 2.24) is 4.98 Å². The molecule has 0 saturated heterocycles. The summed E-state index contributed by atoms with van der Waals surface area (Å²) in [7, 11) is 0. The van der Waals surface area contributed by atoms with E-state index in [4.69, 9.17) is 27.9 Å². The Kier molecular flexibility index (Phi) is 4.04. The van der Waals surface area contributed by atoms with E-state index in [1.165, 1.54) is 12.1 Å². The summed E-state index contributed by atoms with van der Waals surface area (Å²) >= 11 is 11.5. The van der Waals surface area contributed by atoms with Gasteiger partial charge < -0.3 is 4.74 Å². The third-order valence-electron chi connectivity index (χ3n) is 2.36. The van der Waals surface area contributed by atoms with Crippen LogP contribution in [-0.4, -0.2) is 4.98 Å². The van der Waals surface area contributed by atoms with Gasteiger partial charge in [0.2, 0.25) is 0 Å². The maximum absolute atomic E-state index is 13.7. The number of pyridine rings is 1. The number of halogens is 3. The molecule has 0 aliphatic rings. The van der Waals surface area contributed by atoms with Crippen molar-refractivity contribution in [1.29, 1.82) is 0 Å². The van der Waals surface area contributed by atoms with Crippen LogP contribution in [0.25, 0.3) is 0 Å². The topological polar surface area (TPSA) is 22.1 Å². The molecule has 2 nitrogen and oxygen atoms in total. The summed E-state index contributed by atoms with van der Waals surface area (Å²) in [5, 5.41) is 0.0192. The summed E-state index contributed by atoms with van der Waals surface area (Å²) in [5.41, 5.74) is 1.46. The van der Waals surface area contributed by atoms with Gasteiger partial charge in [-0.25, -0.2) is 4.39 Å². The molecule has 18 heavy (non-hydrogen) atoms. The molecule has 0 bridgehead atoms. The van der Waals surface area contributed by atoms with Crippen LogP contribution in [-0.2, 0) is 5.88 Å². The van der Waals surface area contributed by atoms with Crippen LogP contribution in [0.1, 0.15) is 11.3 Å². The lowest BCUT2D eigenvalue weighted by Gasteiger charge is -2.11. The van der Waals surface area contributed by atoms with E-state index in [2.05, 4.69) is 4.98 Å². The molecule has 94 valence electrons. The Morgan fingerprint density at radius 1 is 1.33 bits per heavy atom. The molecule has 0 aliphatic carbocycles. The molecular formula is C13H10Cl2FNO. The second-order valence-corrected chi connectivity index (χ2v) is 4.40. The van der Waals surface area contributed by atoms with Gasteiger partial charge in [-0.05, 0) is 19.1 Å². The van der Waals surface area contributed by atoms with Gasteiger partial charge in [-0.3, -0.25) is 4.98 Å². The number of ether oxygens (including phenoxy) is 1. The summed E-state index contributed by atoms with van der Waals surface area (Å²) in [4.78, 5) is 4.11. The summed E-state index contributed by atoms with van der Waals surface area (Å²) in [6.07, 6.45) is 1.61. The highest BCUT2D eigenvalue weighted by atomic mass is 35.5. The first-order chi connectivity index (χ1) is 8.61. The molecule has 5 heteroatoms. The molecule has 1 aromatic carbocycles. The third-order valence-corrected chi connectivity index (χ3v) is 2.94. The first-order valence-electron chi connectivity index (χ1n) is 5.25. The average molecular weight is 286 g/mol. The fourth-order valence-electron chi connectivity index (χ4n) is 1.44. The van der Waals surface area contributed by atoms with Crippen molar-refractivity contribution >= 4 is 23.2 Å². The van der Waals surface area contributed by atoms with Crippen LogP contribution >= 0.6 is 23.2 Å². The predicted molar refractivity (Wildman–Crippen MR) is 70.0 cm³/mol. The number of alkyl halides is 1. The number of aromatic nitrogens is 1. The summed E-state index contributed by atoms with van der Waals surface area (Å²) in [6, 6.07) is 6.30. The number of hydrogen-bond donors (Lipinski definition) is 0. The number of aryl methyl sites for hydroxylation is 1. The van der Waals surface area contributed by atoms with Gasteiger partial charge in [0.15, 0.2) is 11.6 Å².